The van der Waals surface area contributed by atoms with Crippen LogP contribution in [0.3, 0.4) is 0 Å². The number of carboxylic acids is 1. The Morgan fingerprint density at radius 1 is 1.38 bits per heavy atom. The number of rotatable bonds is 5. The molecular weight excluding hydrogens is 210 g/mol. The van der Waals surface area contributed by atoms with Gasteiger partial charge in [0.05, 0.1) is 12.5 Å². The zero-order valence-corrected chi connectivity index (χ0v) is 9.73. The maximum atomic E-state index is 11.6. The second-order valence-electron chi connectivity index (χ2n) is 4.72. The summed E-state index contributed by atoms with van der Waals surface area (Å²) >= 11 is 0. The van der Waals surface area contributed by atoms with Gasteiger partial charge in [0, 0.05) is 5.92 Å². The SMILES string of the molecule is CC(C)CONC(=O)C1CCC(C(=O)O)C1. The lowest BCUT2D eigenvalue weighted by atomic mass is 10.1. The Morgan fingerprint density at radius 3 is 2.50 bits per heavy atom. The highest BCUT2D eigenvalue weighted by Gasteiger charge is 2.33. The van der Waals surface area contributed by atoms with Gasteiger partial charge in [0.1, 0.15) is 0 Å². The second kappa shape index (κ2) is 5.84. The fraction of sp³-hybridized carbons (Fsp3) is 0.818. The van der Waals surface area contributed by atoms with Gasteiger partial charge in [0.2, 0.25) is 5.91 Å². The molecule has 16 heavy (non-hydrogen) atoms. The number of hydroxylamine groups is 1. The van der Waals surface area contributed by atoms with Gasteiger partial charge in [0.15, 0.2) is 0 Å². The van der Waals surface area contributed by atoms with Crippen LogP contribution in [0.4, 0.5) is 0 Å². The zero-order chi connectivity index (χ0) is 12.1. The van der Waals surface area contributed by atoms with Crippen LogP contribution >= 0.6 is 0 Å². The van der Waals surface area contributed by atoms with E-state index in [-0.39, 0.29) is 17.7 Å². The predicted octanol–water partition coefficient (Wildman–Crippen LogP) is 1.19. The molecule has 1 saturated carbocycles. The average molecular weight is 229 g/mol. The Labute approximate surface area is 95.1 Å². The van der Waals surface area contributed by atoms with Gasteiger partial charge in [-0.1, -0.05) is 13.8 Å². The quantitative estimate of drug-likeness (QED) is 0.694. The molecule has 2 N–H and O–H groups in total. The monoisotopic (exact) mass is 229 g/mol. The van der Waals surface area contributed by atoms with E-state index in [1.165, 1.54) is 0 Å². The van der Waals surface area contributed by atoms with Crippen molar-refractivity contribution in [2.45, 2.75) is 33.1 Å². The minimum atomic E-state index is -0.807. The Morgan fingerprint density at radius 2 is 2.00 bits per heavy atom. The molecule has 0 aromatic rings. The van der Waals surface area contributed by atoms with E-state index in [0.717, 1.165) is 0 Å². The van der Waals surface area contributed by atoms with Crippen molar-refractivity contribution in [1.29, 1.82) is 0 Å². The fourth-order valence-electron chi connectivity index (χ4n) is 1.81. The molecule has 0 aromatic heterocycles. The van der Waals surface area contributed by atoms with Crippen molar-refractivity contribution >= 4 is 11.9 Å². The molecule has 1 fully saturated rings. The van der Waals surface area contributed by atoms with Crippen LogP contribution < -0.4 is 5.48 Å². The summed E-state index contributed by atoms with van der Waals surface area (Å²) in [7, 11) is 0. The van der Waals surface area contributed by atoms with Gasteiger partial charge >= 0.3 is 5.97 Å². The number of aliphatic carboxylic acids is 1. The summed E-state index contributed by atoms with van der Waals surface area (Å²) in [4.78, 5) is 27.3. The smallest absolute Gasteiger partial charge is 0.306 e. The third kappa shape index (κ3) is 3.81. The predicted molar refractivity (Wildman–Crippen MR) is 57.4 cm³/mol. The Hall–Kier alpha value is -1.10. The molecule has 0 saturated heterocycles. The van der Waals surface area contributed by atoms with Crippen LogP contribution in [-0.4, -0.2) is 23.6 Å². The number of carbonyl (C=O) groups excluding carboxylic acids is 1. The average Bonchev–Trinajstić information content (AvgIpc) is 2.65. The van der Waals surface area contributed by atoms with Gasteiger partial charge in [-0.25, -0.2) is 5.48 Å². The third-order valence-electron chi connectivity index (χ3n) is 2.74. The first-order valence-corrected chi connectivity index (χ1v) is 5.65. The summed E-state index contributed by atoms with van der Waals surface area (Å²) in [5, 5.41) is 8.80. The van der Waals surface area contributed by atoms with Crippen LogP contribution in [0.15, 0.2) is 0 Å². The van der Waals surface area contributed by atoms with E-state index in [0.29, 0.717) is 31.8 Å². The van der Waals surface area contributed by atoms with Gasteiger partial charge in [-0.05, 0) is 25.2 Å². The summed E-state index contributed by atoms with van der Waals surface area (Å²) in [5.41, 5.74) is 2.38. The molecule has 2 unspecified atom stereocenters. The lowest BCUT2D eigenvalue weighted by Crippen LogP contribution is -2.31. The highest BCUT2D eigenvalue weighted by molar-refractivity contribution is 5.80. The number of nitrogens with one attached hydrogen (secondary N) is 1. The number of hydrogen-bond acceptors (Lipinski definition) is 3. The first kappa shape index (κ1) is 13.0. The van der Waals surface area contributed by atoms with Crippen LogP contribution in [0.1, 0.15) is 33.1 Å². The third-order valence-corrected chi connectivity index (χ3v) is 2.74. The molecule has 0 bridgehead atoms. The zero-order valence-electron chi connectivity index (χ0n) is 9.73. The molecular formula is C11H19NO4. The van der Waals surface area contributed by atoms with E-state index < -0.39 is 5.97 Å². The molecule has 5 heteroatoms. The van der Waals surface area contributed by atoms with Crippen molar-refractivity contribution in [3.8, 4) is 0 Å². The van der Waals surface area contributed by atoms with Crippen molar-refractivity contribution in [3.63, 3.8) is 0 Å². The van der Waals surface area contributed by atoms with Gasteiger partial charge < -0.3 is 5.11 Å². The topological polar surface area (TPSA) is 75.6 Å². The summed E-state index contributed by atoms with van der Waals surface area (Å²) < 4.78 is 0. The molecule has 2 atom stereocenters. The summed E-state index contributed by atoms with van der Waals surface area (Å²) in [5.74, 6) is -1.23. The van der Waals surface area contributed by atoms with Crippen molar-refractivity contribution in [1.82, 2.24) is 5.48 Å². The molecule has 0 aromatic carbocycles. The molecule has 92 valence electrons. The minimum Gasteiger partial charge on any atom is -0.481 e. The molecule has 1 aliphatic rings. The first-order chi connectivity index (χ1) is 7.50. The summed E-state index contributed by atoms with van der Waals surface area (Å²) in [6, 6.07) is 0. The van der Waals surface area contributed by atoms with E-state index in [1.807, 2.05) is 13.8 Å². The Kier molecular flexibility index (Phi) is 4.73. The number of carbonyl (C=O) groups is 2. The minimum absolute atomic E-state index is 0.190. The van der Waals surface area contributed by atoms with E-state index >= 15 is 0 Å². The van der Waals surface area contributed by atoms with E-state index in [9.17, 15) is 9.59 Å². The first-order valence-electron chi connectivity index (χ1n) is 5.65. The molecule has 0 radical (unpaired) electrons. The largest absolute Gasteiger partial charge is 0.481 e. The number of amides is 1. The summed E-state index contributed by atoms with van der Waals surface area (Å²) in [6.07, 6.45) is 1.64. The number of hydrogen-bond donors (Lipinski definition) is 2. The van der Waals surface area contributed by atoms with E-state index in [1.54, 1.807) is 0 Å². The van der Waals surface area contributed by atoms with Gasteiger partial charge in [-0.15, -0.1) is 0 Å². The van der Waals surface area contributed by atoms with Crippen molar-refractivity contribution in [2.75, 3.05) is 6.61 Å². The van der Waals surface area contributed by atoms with Crippen molar-refractivity contribution < 1.29 is 19.5 Å². The Balaban J connectivity index is 2.26. The maximum Gasteiger partial charge on any atom is 0.306 e. The van der Waals surface area contributed by atoms with Crippen LogP contribution in [-0.2, 0) is 14.4 Å². The van der Waals surface area contributed by atoms with Crippen molar-refractivity contribution in [2.24, 2.45) is 17.8 Å². The maximum absolute atomic E-state index is 11.6. The summed E-state index contributed by atoms with van der Waals surface area (Å²) in [6.45, 7) is 4.45. The standard InChI is InChI=1S/C11H19NO4/c1-7(2)6-16-12-10(13)8-3-4-9(5-8)11(14)15/h7-9H,3-6H2,1-2H3,(H,12,13)(H,14,15). The molecule has 5 nitrogen and oxygen atoms in total. The lowest BCUT2D eigenvalue weighted by Gasteiger charge is -2.11. The molecule has 0 spiro atoms. The highest BCUT2D eigenvalue weighted by Crippen LogP contribution is 2.30. The van der Waals surface area contributed by atoms with Gasteiger partial charge in [-0.2, -0.15) is 0 Å². The molecule has 0 heterocycles. The highest BCUT2D eigenvalue weighted by atomic mass is 16.6. The van der Waals surface area contributed by atoms with Crippen LogP contribution in [0.2, 0.25) is 0 Å². The molecule has 1 rings (SSSR count). The second-order valence-corrected chi connectivity index (χ2v) is 4.72. The number of carboxylic acid groups (broad SMARTS) is 1. The van der Waals surface area contributed by atoms with Crippen LogP contribution in [0, 0.1) is 17.8 Å². The Bertz CT molecular complexity index is 265. The van der Waals surface area contributed by atoms with Crippen LogP contribution in [0.25, 0.3) is 0 Å². The molecule has 1 aliphatic carbocycles. The van der Waals surface area contributed by atoms with Crippen molar-refractivity contribution in [3.05, 3.63) is 0 Å². The molecule has 1 amide bonds. The molecule has 0 aliphatic heterocycles. The van der Waals surface area contributed by atoms with E-state index in [4.69, 9.17) is 9.94 Å². The van der Waals surface area contributed by atoms with Gasteiger partial charge in [-0.3, -0.25) is 14.4 Å². The lowest BCUT2D eigenvalue weighted by molar-refractivity contribution is -0.142. The fourth-order valence-corrected chi connectivity index (χ4v) is 1.81. The van der Waals surface area contributed by atoms with Gasteiger partial charge in [0.25, 0.3) is 0 Å². The van der Waals surface area contributed by atoms with E-state index in [2.05, 4.69) is 5.48 Å². The van der Waals surface area contributed by atoms with Crippen LogP contribution in [0.5, 0.6) is 0 Å². The normalized spacial score (nSPS) is 24.7.